The molecule has 3 aromatic rings. The van der Waals surface area contributed by atoms with Crippen molar-refractivity contribution >= 4 is 39.1 Å². The fraction of sp³-hybridized carbons (Fsp3) is 0.286. The number of anilines is 1. The van der Waals surface area contributed by atoms with Crippen molar-refractivity contribution in [1.82, 2.24) is 10.3 Å². The lowest BCUT2D eigenvalue weighted by atomic mass is 10.1. The van der Waals surface area contributed by atoms with Gasteiger partial charge < -0.3 is 10.6 Å². The summed E-state index contributed by atoms with van der Waals surface area (Å²) in [7, 11) is 0. The summed E-state index contributed by atoms with van der Waals surface area (Å²) in [4.78, 5) is 28.3. The van der Waals surface area contributed by atoms with E-state index in [0.717, 1.165) is 26.5 Å². The maximum absolute atomic E-state index is 12.1. The van der Waals surface area contributed by atoms with Gasteiger partial charge in [-0.15, -0.1) is 11.3 Å². The summed E-state index contributed by atoms with van der Waals surface area (Å²) in [5.41, 5.74) is 2.74. The van der Waals surface area contributed by atoms with Gasteiger partial charge >= 0.3 is 0 Å². The molecule has 2 N–H and O–H groups in total. The van der Waals surface area contributed by atoms with Gasteiger partial charge in [-0.25, -0.2) is 4.98 Å². The summed E-state index contributed by atoms with van der Waals surface area (Å²) in [5.74, 6) is -0.0586. The van der Waals surface area contributed by atoms with Crippen LogP contribution in [0.25, 0.3) is 10.2 Å². The molecule has 1 aromatic heterocycles. The van der Waals surface area contributed by atoms with E-state index in [-0.39, 0.29) is 17.7 Å². The van der Waals surface area contributed by atoms with Crippen molar-refractivity contribution in [3.8, 4) is 0 Å². The third-order valence-corrected chi connectivity index (χ3v) is 5.24. The van der Waals surface area contributed by atoms with Crippen LogP contribution in [0.4, 0.5) is 5.69 Å². The molecule has 140 valence electrons. The predicted octanol–water partition coefficient (Wildman–Crippen LogP) is 4.14. The largest absolute Gasteiger partial charge is 0.352 e. The van der Waals surface area contributed by atoms with E-state index in [2.05, 4.69) is 15.6 Å². The van der Waals surface area contributed by atoms with E-state index in [4.69, 9.17) is 0 Å². The standard InChI is InChI=1S/C21H23N3O2S/c1-14(2)21(26)23-16-9-7-15(8-10-16)13-22-19(25)11-12-20-24-17-5-3-4-6-18(17)27-20/h3-10,14H,11-13H2,1-2H3,(H,22,25)(H,23,26). The van der Waals surface area contributed by atoms with Crippen LogP contribution in [0.1, 0.15) is 30.8 Å². The fourth-order valence-corrected chi connectivity index (χ4v) is 3.50. The topological polar surface area (TPSA) is 71.1 Å². The Morgan fingerprint density at radius 2 is 1.81 bits per heavy atom. The number of carbonyl (C=O) groups is 2. The number of fused-ring (bicyclic) bond motifs is 1. The average Bonchev–Trinajstić information content (AvgIpc) is 3.08. The van der Waals surface area contributed by atoms with Crippen molar-refractivity contribution < 1.29 is 9.59 Å². The van der Waals surface area contributed by atoms with Gasteiger partial charge in [0.05, 0.1) is 15.2 Å². The number of thiazole rings is 1. The van der Waals surface area contributed by atoms with E-state index in [9.17, 15) is 9.59 Å². The molecule has 0 spiro atoms. The Bertz CT molecular complexity index is 899. The summed E-state index contributed by atoms with van der Waals surface area (Å²) >= 11 is 1.64. The summed E-state index contributed by atoms with van der Waals surface area (Å²) in [6.07, 6.45) is 1.06. The summed E-state index contributed by atoms with van der Waals surface area (Å²) in [6, 6.07) is 15.5. The molecule has 2 amide bonds. The zero-order chi connectivity index (χ0) is 19.2. The van der Waals surface area contributed by atoms with E-state index in [0.29, 0.717) is 19.4 Å². The van der Waals surface area contributed by atoms with Crippen molar-refractivity contribution in [2.75, 3.05) is 5.32 Å². The number of para-hydroxylation sites is 1. The molecule has 0 aliphatic carbocycles. The first-order valence-electron chi connectivity index (χ1n) is 9.02. The molecule has 0 fully saturated rings. The second kappa shape index (κ2) is 8.77. The normalized spacial score (nSPS) is 10.9. The van der Waals surface area contributed by atoms with Gasteiger partial charge in [0, 0.05) is 31.0 Å². The molecule has 0 radical (unpaired) electrons. The van der Waals surface area contributed by atoms with Crippen LogP contribution in [-0.2, 0) is 22.6 Å². The Morgan fingerprint density at radius 1 is 1.07 bits per heavy atom. The first-order chi connectivity index (χ1) is 13.0. The number of carbonyl (C=O) groups excluding carboxylic acids is 2. The summed E-state index contributed by atoms with van der Waals surface area (Å²) in [5, 5.41) is 6.77. The van der Waals surface area contributed by atoms with E-state index in [1.165, 1.54) is 0 Å². The van der Waals surface area contributed by atoms with Crippen LogP contribution in [0.15, 0.2) is 48.5 Å². The average molecular weight is 382 g/mol. The minimum Gasteiger partial charge on any atom is -0.352 e. The Morgan fingerprint density at radius 3 is 2.52 bits per heavy atom. The van der Waals surface area contributed by atoms with Crippen LogP contribution in [0.5, 0.6) is 0 Å². The van der Waals surface area contributed by atoms with Gasteiger partial charge in [0.25, 0.3) is 0 Å². The zero-order valence-corrected chi connectivity index (χ0v) is 16.3. The molecule has 0 bridgehead atoms. The van der Waals surface area contributed by atoms with Crippen LogP contribution in [0.2, 0.25) is 0 Å². The second-order valence-corrected chi connectivity index (χ2v) is 7.81. The smallest absolute Gasteiger partial charge is 0.226 e. The van der Waals surface area contributed by atoms with Gasteiger partial charge in [0.15, 0.2) is 0 Å². The van der Waals surface area contributed by atoms with Gasteiger partial charge in [0.1, 0.15) is 0 Å². The number of aryl methyl sites for hydroxylation is 1. The van der Waals surface area contributed by atoms with Crippen molar-refractivity contribution in [2.45, 2.75) is 33.2 Å². The maximum atomic E-state index is 12.1. The van der Waals surface area contributed by atoms with Crippen molar-refractivity contribution in [1.29, 1.82) is 0 Å². The van der Waals surface area contributed by atoms with Crippen molar-refractivity contribution in [3.05, 3.63) is 59.1 Å². The van der Waals surface area contributed by atoms with E-state index >= 15 is 0 Å². The Balaban J connectivity index is 1.45. The predicted molar refractivity (Wildman–Crippen MR) is 110 cm³/mol. The molecule has 0 aliphatic rings. The van der Waals surface area contributed by atoms with Crippen LogP contribution >= 0.6 is 11.3 Å². The van der Waals surface area contributed by atoms with Crippen LogP contribution < -0.4 is 10.6 Å². The number of hydrogen-bond acceptors (Lipinski definition) is 4. The number of hydrogen-bond donors (Lipinski definition) is 2. The van der Waals surface area contributed by atoms with Gasteiger partial charge in [0.2, 0.25) is 11.8 Å². The molecule has 0 unspecified atom stereocenters. The third-order valence-electron chi connectivity index (χ3n) is 4.14. The molecule has 0 aliphatic heterocycles. The minimum absolute atomic E-state index is 0.00597. The van der Waals surface area contributed by atoms with Gasteiger partial charge in [-0.2, -0.15) is 0 Å². The summed E-state index contributed by atoms with van der Waals surface area (Å²) < 4.78 is 1.15. The Hall–Kier alpha value is -2.73. The van der Waals surface area contributed by atoms with Crippen molar-refractivity contribution in [3.63, 3.8) is 0 Å². The highest BCUT2D eigenvalue weighted by atomic mass is 32.1. The number of aromatic nitrogens is 1. The quantitative estimate of drug-likeness (QED) is 0.646. The lowest BCUT2D eigenvalue weighted by Crippen LogP contribution is -2.23. The molecular formula is C21H23N3O2S. The highest BCUT2D eigenvalue weighted by Crippen LogP contribution is 2.22. The highest BCUT2D eigenvalue weighted by Gasteiger charge is 2.08. The number of rotatable bonds is 7. The second-order valence-electron chi connectivity index (χ2n) is 6.69. The molecule has 2 aromatic carbocycles. The molecule has 1 heterocycles. The van der Waals surface area contributed by atoms with E-state index < -0.39 is 0 Å². The molecule has 0 saturated carbocycles. The lowest BCUT2D eigenvalue weighted by Gasteiger charge is -2.09. The first-order valence-corrected chi connectivity index (χ1v) is 9.84. The lowest BCUT2D eigenvalue weighted by molar-refractivity contribution is -0.121. The van der Waals surface area contributed by atoms with Crippen LogP contribution in [-0.4, -0.2) is 16.8 Å². The number of benzene rings is 2. The molecule has 6 heteroatoms. The molecular weight excluding hydrogens is 358 g/mol. The van der Waals surface area contributed by atoms with Crippen molar-refractivity contribution in [2.24, 2.45) is 5.92 Å². The molecule has 0 saturated heterocycles. The van der Waals surface area contributed by atoms with Gasteiger partial charge in [-0.05, 0) is 29.8 Å². The Kier molecular flexibility index (Phi) is 6.19. The number of amides is 2. The SMILES string of the molecule is CC(C)C(=O)Nc1ccc(CNC(=O)CCc2nc3ccccc3s2)cc1. The molecule has 3 rings (SSSR count). The van der Waals surface area contributed by atoms with Crippen LogP contribution in [0.3, 0.4) is 0 Å². The fourth-order valence-electron chi connectivity index (χ4n) is 2.53. The zero-order valence-electron chi connectivity index (χ0n) is 15.5. The number of nitrogens with zero attached hydrogens (tertiary/aromatic N) is 1. The van der Waals surface area contributed by atoms with Gasteiger partial charge in [-0.1, -0.05) is 38.1 Å². The van der Waals surface area contributed by atoms with E-state index in [1.54, 1.807) is 11.3 Å². The maximum Gasteiger partial charge on any atom is 0.226 e. The monoisotopic (exact) mass is 381 g/mol. The summed E-state index contributed by atoms with van der Waals surface area (Å²) in [6.45, 7) is 4.18. The number of nitrogens with one attached hydrogen (secondary N) is 2. The molecule has 27 heavy (non-hydrogen) atoms. The minimum atomic E-state index is -0.0561. The Labute approximate surface area is 162 Å². The first kappa shape index (κ1) is 19.0. The molecule has 0 atom stereocenters. The highest BCUT2D eigenvalue weighted by molar-refractivity contribution is 7.18. The van der Waals surface area contributed by atoms with Gasteiger partial charge in [-0.3, -0.25) is 9.59 Å². The molecule has 5 nitrogen and oxygen atoms in total. The third kappa shape index (κ3) is 5.37. The van der Waals surface area contributed by atoms with E-state index in [1.807, 2.05) is 62.4 Å². The van der Waals surface area contributed by atoms with Crippen LogP contribution in [0, 0.1) is 5.92 Å².